The molecule has 3 N–H and O–H groups in total. The Hall–Kier alpha value is -1.19. The molecule has 0 spiro atoms. The minimum atomic E-state index is -3.67. The molecule has 1 fully saturated rings. The Bertz CT molecular complexity index is 612. The van der Waals surface area contributed by atoms with Crippen LogP contribution in [0.25, 0.3) is 0 Å². The molecule has 9 heteroatoms. The van der Waals surface area contributed by atoms with E-state index in [2.05, 4.69) is 10.6 Å². The van der Waals surface area contributed by atoms with E-state index in [4.69, 9.17) is 0 Å². The van der Waals surface area contributed by atoms with Crippen LogP contribution in [-0.2, 0) is 14.8 Å². The SMILES string of the molecule is CN(CC(=O)NCC1CNCC1O)S(=O)(=O)c1ccccc1.Cl. The predicted octanol–water partition coefficient (Wildman–Crippen LogP) is -0.575. The largest absolute Gasteiger partial charge is 0.391 e. The fraction of sp³-hybridized carbons (Fsp3) is 0.500. The highest BCUT2D eigenvalue weighted by molar-refractivity contribution is 7.89. The topological polar surface area (TPSA) is 98.7 Å². The van der Waals surface area contributed by atoms with Crippen LogP contribution in [0.1, 0.15) is 0 Å². The number of likely N-dealkylation sites (N-methyl/N-ethyl adjacent to an activating group) is 1. The normalized spacial score (nSPS) is 21.0. The van der Waals surface area contributed by atoms with Crippen LogP contribution in [0.3, 0.4) is 0 Å². The molecule has 1 aromatic carbocycles. The molecule has 0 aromatic heterocycles. The standard InChI is InChI=1S/C14H21N3O4S.ClH/c1-17(22(20,21)12-5-3-2-4-6-12)10-14(19)16-8-11-7-15-9-13(11)18;/h2-6,11,13,15,18H,7-10H2,1H3,(H,16,19);1H. The van der Waals surface area contributed by atoms with E-state index >= 15 is 0 Å². The summed E-state index contributed by atoms with van der Waals surface area (Å²) in [6.45, 7) is 1.22. The van der Waals surface area contributed by atoms with Crippen molar-refractivity contribution < 1.29 is 18.3 Å². The summed E-state index contributed by atoms with van der Waals surface area (Å²) >= 11 is 0. The molecule has 1 heterocycles. The highest BCUT2D eigenvalue weighted by Crippen LogP contribution is 2.13. The third-order valence-electron chi connectivity index (χ3n) is 3.68. The van der Waals surface area contributed by atoms with Gasteiger partial charge in [0.15, 0.2) is 0 Å². The Morgan fingerprint density at radius 3 is 2.57 bits per heavy atom. The lowest BCUT2D eigenvalue weighted by Crippen LogP contribution is -2.41. The Morgan fingerprint density at radius 2 is 2.00 bits per heavy atom. The second kappa shape index (κ2) is 8.60. The molecule has 7 nitrogen and oxygen atoms in total. The lowest BCUT2D eigenvalue weighted by Gasteiger charge is -2.18. The van der Waals surface area contributed by atoms with Gasteiger partial charge in [-0.15, -0.1) is 12.4 Å². The average molecular weight is 364 g/mol. The number of nitrogens with zero attached hydrogens (tertiary/aromatic N) is 1. The maximum absolute atomic E-state index is 12.3. The van der Waals surface area contributed by atoms with Crippen LogP contribution in [0.4, 0.5) is 0 Å². The van der Waals surface area contributed by atoms with Crippen molar-refractivity contribution in [1.82, 2.24) is 14.9 Å². The fourth-order valence-corrected chi connectivity index (χ4v) is 3.44. The van der Waals surface area contributed by atoms with Crippen LogP contribution in [0.5, 0.6) is 0 Å². The summed E-state index contributed by atoms with van der Waals surface area (Å²) in [6, 6.07) is 7.98. The number of hydrogen-bond acceptors (Lipinski definition) is 5. The summed E-state index contributed by atoms with van der Waals surface area (Å²) in [6.07, 6.45) is -0.480. The summed E-state index contributed by atoms with van der Waals surface area (Å²) in [5.41, 5.74) is 0. The number of benzene rings is 1. The van der Waals surface area contributed by atoms with Crippen LogP contribution in [0.2, 0.25) is 0 Å². The predicted molar refractivity (Wildman–Crippen MR) is 88.9 cm³/mol. The monoisotopic (exact) mass is 363 g/mol. The Labute approximate surface area is 142 Å². The van der Waals surface area contributed by atoms with Gasteiger partial charge in [-0.25, -0.2) is 8.42 Å². The van der Waals surface area contributed by atoms with Gasteiger partial charge in [-0.1, -0.05) is 18.2 Å². The van der Waals surface area contributed by atoms with Gasteiger partial charge in [0.2, 0.25) is 15.9 Å². The minimum absolute atomic E-state index is 0. The van der Waals surface area contributed by atoms with Gasteiger partial charge in [0, 0.05) is 32.6 Å². The third kappa shape index (κ3) is 5.15. The second-order valence-electron chi connectivity index (χ2n) is 5.36. The van der Waals surface area contributed by atoms with Gasteiger partial charge in [-0.05, 0) is 12.1 Å². The number of β-amino-alcohol motifs (C(OH)–C–C–N with tert-alkyl or cyclic N) is 1. The van der Waals surface area contributed by atoms with Gasteiger partial charge < -0.3 is 15.7 Å². The maximum atomic E-state index is 12.3. The van der Waals surface area contributed by atoms with Crippen LogP contribution in [0, 0.1) is 5.92 Å². The molecule has 0 aliphatic carbocycles. The maximum Gasteiger partial charge on any atom is 0.243 e. The molecule has 1 aliphatic heterocycles. The van der Waals surface area contributed by atoms with E-state index < -0.39 is 16.1 Å². The number of carbonyl (C=O) groups is 1. The molecule has 1 saturated heterocycles. The van der Waals surface area contributed by atoms with Gasteiger partial charge in [0.05, 0.1) is 17.5 Å². The van der Waals surface area contributed by atoms with Gasteiger partial charge >= 0.3 is 0 Å². The van der Waals surface area contributed by atoms with Crippen molar-refractivity contribution in [3.8, 4) is 0 Å². The van der Waals surface area contributed by atoms with Crippen LogP contribution in [0.15, 0.2) is 35.2 Å². The van der Waals surface area contributed by atoms with Crippen molar-refractivity contribution in [3.05, 3.63) is 30.3 Å². The zero-order valence-electron chi connectivity index (χ0n) is 12.8. The first-order valence-corrected chi connectivity index (χ1v) is 8.52. The molecule has 0 radical (unpaired) electrons. The average Bonchev–Trinajstić information content (AvgIpc) is 2.91. The molecule has 2 rings (SSSR count). The number of sulfonamides is 1. The first-order chi connectivity index (χ1) is 10.4. The van der Waals surface area contributed by atoms with Gasteiger partial charge in [-0.3, -0.25) is 4.79 Å². The van der Waals surface area contributed by atoms with Gasteiger partial charge in [-0.2, -0.15) is 4.31 Å². The Balaban J connectivity index is 0.00000264. The number of carbonyl (C=O) groups excluding carboxylic acids is 1. The van der Waals surface area contributed by atoms with E-state index in [0.29, 0.717) is 19.6 Å². The van der Waals surface area contributed by atoms with Crippen molar-refractivity contribution >= 4 is 28.3 Å². The number of amides is 1. The van der Waals surface area contributed by atoms with E-state index in [1.54, 1.807) is 18.2 Å². The molecule has 130 valence electrons. The molecule has 2 unspecified atom stereocenters. The van der Waals surface area contributed by atoms with Gasteiger partial charge in [0.25, 0.3) is 0 Å². The minimum Gasteiger partial charge on any atom is -0.391 e. The molecule has 23 heavy (non-hydrogen) atoms. The van der Waals surface area contributed by atoms with Crippen molar-refractivity contribution in [2.45, 2.75) is 11.0 Å². The van der Waals surface area contributed by atoms with Crippen molar-refractivity contribution in [2.24, 2.45) is 5.92 Å². The summed E-state index contributed by atoms with van der Waals surface area (Å²) in [4.78, 5) is 12.0. The molecule has 0 saturated carbocycles. The lowest BCUT2D eigenvalue weighted by atomic mass is 10.1. The number of hydrogen-bond donors (Lipinski definition) is 3. The fourth-order valence-electron chi connectivity index (χ4n) is 2.29. The molecule has 1 amide bonds. The van der Waals surface area contributed by atoms with E-state index in [9.17, 15) is 18.3 Å². The molecular formula is C14H22ClN3O4S. The number of aliphatic hydroxyl groups is 1. The zero-order valence-corrected chi connectivity index (χ0v) is 14.4. The van der Waals surface area contributed by atoms with Crippen LogP contribution >= 0.6 is 12.4 Å². The van der Waals surface area contributed by atoms with Crippen LogP contribution in [-0.4, -0.2) is 63.1 Å². The number of rotatable bonds is 6. The first kappa shape index (κ1) is 19.9. The molecular weight excluding hydrogens is 342 g/mol. The van der Waals surface area contributed by atoms with E-state index in [0.717, 1.165) is 4.31 Å². The third-order valence-corrected chi connectivity index (χ3v) is 5.50. The summed E-state index contributed by atoms with van der Waals surface area (Å²) in [5, 5.41) is 15.3. The molecule has 1 aliphatic rings. The van der Waals surface area contributed by atoms with Crippen molar-refractivity contribution in [3.63, 3.8) is 0 Å². The first-order valence-electron chi connectivity index (χ1n) is 7.08. The highest BCUT2D eigenvalue weighted by atomic mass is 35.5. The summed E-state index contributed by atoms with van der Waals surface area (Å²) < 4.78 is 25.6. The number of halogens is 1. The second-order valence-corrected chi connectivity index (χ2v) is 7.41. The number of aliphatic hydroxyl groups excluding tert-OH is 1. The lowest BCUT2D eigenvalue weighted by molar-refractivity contribution is -0.121. The van der Waals surface area contributed by atoms with Crippen LogP contribution < -0.4 is 10.6 Å². The highest BCUT2D eigenvalue weighted by Gasteiger charge is 2.26. The van der Waals surface area contributed by atoms with E-state index in [1.165, 1.54) is 19.2 Å². The molecule has 0 bridgehead atoms. The van der Waals surface area contributed by atoms with Crippen molar-refractivity contribution in [1.29, 1.82) is 0 Å². The Morgan fingerprint density at radius 1 is 1.35 bits per heavy atom. The smallest absolute Gasteiger partial charge is 0.243 e. The number of nitrogens with one attached hydrogen (secondary N) is 2. The quantitative estimate of drug-likeness (QED) is 0.628. The summed E-state index contributed by atoms with van der Waals surface area (Å²) in [5.74, 6) is -0.430. The molecule has 1 aromatic rings. The Kier molecular flexibility index (Phi) is 7.43. The van der Waals surface area contributed by atoms with Gasteiger partial charge in [0.1, 0.15) is 0 Å². The van der Waals surface area contributed by atoms with Crippen molar-refractivity contribution in [2.75, 3.05) is 33.2 Å². The van der Waals surface area contributed by atoms with E-state index in [1.807, 2.05) is 0 Å². The van der Waals surface area contributed by atoms with E-state index in [-0.39, 0.29) is 35.7 Å². The summed E-state index contributed by atoms with van der Waals surface area (Å²) in [7, 11) is -2.30. The molecule has 2 atom stereocenters. The zero-order chi connectivity index (χ0) is 16.2.